The molecule has 28 heavy (non-hydrogen) atoms. The van der Waals surface area contributed by atoms with Crippen LogP contribution in [0.2, 0.25) is 0 Å². The lowest BCUT2D eigenvalue weighted by Gasteiger charge is -2.32. The Labute approximate surface area is 167 Å². The molecule has 0 radical (unpaired) electrons. The van der Waals surface area contributed by atoms with Crippen molar-refractivity contribution in [1.29, 1.82) is 0 Å². The van der Waals surface area contributed by atoms with Crippen molar-refractivity contribution in [3.8, 4) is 0 Å². The standard InChI is InChI=1S/C21H15BrF5N/c22-18-11-14(6-7-19(18)24)20(28,12-13-4-2-1-3-5-13)15-8-16(21(25,26)27)10-17(23)9-15/h1-11H,12,28H2/t20-/m1/s1. The molecule has 3 rings (SSSR count). The SMILES string of the molecule is N[C@@](Cc1ccccc1)(c1cc(F)cc(C(F)(F)F)c1)c1ccc(F)c(Br)c1. The van der Waals surface area contributed by atoms with Crippen LogP contribution in [0.4, 0.5) is 22.0 Å². The number of rotatable bonds is 4. The Morgan fingerprint density at radius 1 is 0.786 bits per heavy atom. The summed E-state index contributed by atoms with van der Waals surface area (Å²) in [7, 11) is 0. The van der Waals surface area contributed by atoms with Gasteiger partial charge in [0.1, 0.15) is 11.6 Å². The van der Waals surface area contributed by atoms with Crippen LogP contribution in [0.5, 0.6) is 0 Å². The molecule has 7 heteroatoms. The molecule has 0 fully saturated rings. The molecule has 3 aromatic carbocycles. The van der Waals surface area contributed by atoms with Gasteiger partial charge in [0.15, 0.2) is 0 Å². The van der Waals surface area contributed by atoms with E-state index >= 15 is 0 Å². The van der Waals surface area contributed by atoms with Gasteiger partial charge in [0.05, 0.1) is 15.6 Å². The topological polar surface area (TPSA) is 26.0 Å². The lowest BCUT2D eigenvalue weighted by atomic mass is 9.78. The smallest absolute Gasteiger partial charge is 0.317 e. The molecular formula is C21H15BrF5N. The highest BCUT2D eigenvalue weighted by atomic mass is 79.9. The molecule has 0 aliphatic carbocycles. The normalized spacial score (nSPS) is 14.0. The summed E-state index contributed by atoms with van der Waals surface area (Å²) >= 11 is 3.07. The molecule has 0 heterocycles. The number of benzene rings is 3. The van der Waals surface area contributed by atoms with Crippen molar-refractivity contribution in [3.63, 3.8) is 0 Å². The average molecular weight is 456 g/mol. The van der Waals surface area contributed by atoms with E-state index in [1.165, 1.54) is 12.1 Å². The third-order valence-corrected chi connectivity index (χ3v) is 5.11. The Morgan fingerprint density at radius 3 is 2.04 bits per heavy atom. The van der Waals surface area contributed by atoms with Crippen LogP contribution < -0.4 is 5.73 Å². The van der Waals surface area contributed by atoms with Crippen molar-refractivity contribution in [2.24, 2.45) is 5.73 Å². The van der Waals surface area contributed by atoms with Crippen molar-refractivity contribution in [3.05, 3.63) is 105 Å². The van der Waals surface area contributed by atoms with E-state index in [1.807, 2.05) is 0 Å². The number of hydrogen-bond acceptors (Lipinski definition) is 1. The predicted molar refractivity (Wildman–Crippen MR) is 101 cm³/mol. The summed E-state index contributed by atoms with van der Waals surface area (Å²) in [4.78, 5) is 0. The second kappa shape index (κ2) is 7.64. The van der Waals surface area contributed by atoms with Crippen LogP contribution >= 0.6 is 15.9 Å². The Morgan fingerprint density at radius 2 is 1.43 bits per heavy atom. The molecule has 0 amide bonds. The number of alkyl halides is 3. The largest absolute Gasteiger partial charge is 0.416 e. The Kier molecular flexibility index (Phi) is 5.59. The van der Waals surface area contributed by atoms with E-state index in [9.17, 15) is 22.0 Å². The van der Waals surface area contributed by atoms with E-state index < -0.39 is 28.9 Å². The molecule has 2 N–H and O–H groups in total. The molecule has 0 saturated heterocycles. The van der Waals surface area contributed by atoms with Crippen molar-refractivity contribution in [2.45, 2.75) is 18.1 Å². The highest BCUT2D eigenvalue weighted by Crippen LogP contribution is 2.37. The molecule has 0 aliphatic heterocycles. The van der Waals surface area contributed by atoms with Gasteiger partial charge in [-0.1, -0.05) is 36.4 Å². The quantitative estimate of drug-likeness (QED) is 0.466. The van der Waals surface area contributed by atoms with Crippen molar-refractivity contribution >= 4 is 15.9 Å². The molecule has 1 nitrogen and oxygen atoms in total. The fourth-order valence-corrected chi connectivity index (χ4v) is 3.45. The maximum Gasteiger partial charge on any atom is 0.416 e. The van der Waals surface area contributed by atoms with Gasteiger partial charge in [0, 0.05) is 0 Å². The third kappa shape index (κ3) is 4.25. The molecule has 146 valence electrons. The van der Waals surface area contributed by atoms with Gasteiger partial charge in [-0.2, -0.15) is 13.2 Å². The molecule has 0 unspecified atom stereocenters. The first kappa shape index (κ1) is 20.5. The number of hydrogen-bond donors (Lipinski definition) is 1. The van der Waals surface area contributed by atoms with Gasteiger partial charge in [0.2, 0.25) is 0 Å². The summed E-state index contributed by atoms with van der Waals surface area (Å²) in [5.41, 5.74) is 4.98. The average Bonchev–Trinajstić information content (AvgIpc) is 2.63. The van der Waals surface area contributed by atoms with Gasteiger partial charge in [-0.3, -0.25) is 0 Å². The first-order valence-electron chi connectivity index (χ1n) is 8.26. The van der Waals surface area contributed by atoms with Crippen molar-refractivity contribution in [1.82, 2.24) is 0 Å². The lowest BCUT2D eigenvalue weighted by Crippen LogP contribution is -2.40. The second-order valence-corrected chi connectivity index (χ2v) is 7.34. The van der Waals surface area contributed by atoms with Gasteiger partial charge < -0.3 is 5.73 Å². The van der Waals surface area contributed by atoms with Crippen LogP contribution in [0.1, 0.15) is 22.3 Å². The van der Waals surface area contributed by atoms with E-state index in [4.69, 9.17) is 5.73 Å². The summed E-state index contributed by atoms with van der Waals surface area (Å²) in [5.74, 6) is -1.59. The molecule has 0 spiro atoms. The monoisotopic (exact) mass is 455 g/mol. The number of halogens is 6. The van der Waals surface area contributed by atoms with Crippen LogP contribution in [0, 0.1) is 11.6 Å². The second-order valence-electron chi connectivity index (χ2n) is 6.49. The van der Waals surface area contributed by atoms with Gasteiger partial charge in [0.25, 0.3) is 0 Å². The zero-order valence-corrected chi connectivity index (χ0v) is 16.0. The molecule has 0 aromatic heterocycles. The first-order valence-corrected chi connectivity index (χ1v) is 9.05. The van der Waals surface area contributed by atoms with Crippen LogP contribution in [0.25, 0.3) is 0 Å². The predicted octanol–water partition coefficient (Wildman–Crippen LogP) is 6.19. The highest BCUT2D eigenvalue weighted by molar-refractivity contribution is 9.10. The van der Waals surface area contributed by atoms with Gasteiger partial charge >= 0.3 is 6.18 Å². The van der Waals surface area contributed by atoms with Crippen molar-refractivity contribution < 1.29 is 22.0 Å². The van der Waals surface area contributed by atoms with Crippen LogP contribution in [-0.4, -0.2) is 0 Å². The zero-order valence-electron chi connectivity index (χ0n) is 14.4. The Balaban J connectivity index is 2.21. The van der Waals surface area contributed by atoms with Crippen LogP contribution in [-0.2, 0) is 18.1 Å². The summed E-state index contributed by atoms with van der Waals surface area (Å²) in [6, 6.07) is 15.1. The summed E-state index contributed by atoms with van der Waals surface area (Å²) in [6.07, 6.45) is -4.64. The summed E-state index contributed by atoms with van der Waals surface area (Å²) in [6.45, 7) is 0. The molecule has 0 bridgehead atoms. The van der Waals surface area contributed by atoms with E-state index in [-0.39, 0.29) is 16.5 Å². The number of nitrogens with two attached hydrogens (primary N) is 1. The fourth-order valence-electron chi connectivity index (χ4n) is 3.07. The van der Waals surface area contributed by atoms with Crippen LogP contribution in [0.3, 0.4) is 0 Å². The highest BCUT2D eigenvalue weighted by Gasteiger charge is 2.36. The first-order chi connectivity index (χ1) is 13.1. The summed E-state index contributed by atoms with van der Waals surface area (Å²) in [5, 5.41) is 0. The van der Waals surface area contributed by atoms with Crippen LogP contribution in [0.15, 0.2) is 71.2 Å². The van der Waals surface area contributed by atoms with Crippen molar-refractivity contribution in [2.75, 3.05) is 0 Å². The molecular weight excluding hydrogens is 441 g/mol. The molecule has 3 aromatic rings. The molecule has 0 aliphatic rings. The Hall–Kier alpha value is -2.25. The Bertz CT molecular complexity index is 988. The van der Waals surface area contributed by atoms with E-state index in [0.717, 1.165) is 23.8 Å². The van der Waals surface area contributed by atoms with Gasteiger partial charge in [-0.05, 0) is 69.4 Å². The molecule has 0 saturated carbocycles. The molecule has 1 atom stereocenters. The minimum atomic E-state index is -4.73. The fraction of sp³-hybridized carbons (Fsp3) is 0.143. The third-order valence-electron chi connectivity index (χ3n) is 4.50. The van der Waals surface area contributed by atoms with Gasteiger partial charge in [-0.25, -0.2) is 8.78 Å². The minimum Gasteiger partial charge on any atom is -0.317 e. The van der Waals surface area contributed by atoms with E-state index in [1.54, 1.807) is 30.3 Å². The van der Waals surface area contributed by atoms with E-state index in [0.29, 0.717) is 11.6 Å². The summed E-state index contributed by atoms with van der Waals surface area (Å²) < 4.78 is 67.5. The van der Waals surface area contributed by atoms with Gasteiger partial charge in [-0.15, -0.1) is 0 Å². The van der Waals surface area contributed by atoms with E-state index in [2.05, 4.69) is 15.9 Å². The maximum absolute atomic E-state index is 14.1. The minimum absolute atomic E-state index is 0.0535. The zero-order chi connectivity index (χ0) is 20.5. The maximum atomic E-state index is 14.1. The lowest BCUT2D eigenvalue weighted by molar-refractivity contribution is -0.137.